The first kappa shape index (κ1) is 12.2. The summed E-state index contributed by atoms with van der Waals surface area (Å²) in [6.45, 7) is 3.84. The van der Waals surface area contributed by atoms with Crippen molar-refractivity contribution in [2.24, 2.45) is 4.99 Å². The highest BCUT2D eigenvalue weighted by Gasteiger charge is 2.03. The molecule has 0 aliphatic carbocycles. The van der Waals surface area contributed by atoms with Crippen molar-refractivity contribution < 1.29 is 10.2 Å². The molecule has 2 aromatic carbocycles. The first-order valence-corrected chi connectivity index (χ1v) is 5.69. The number of aliphatic imine (C=N–C) groups is 1. The van der Waals surface area contributed by atoms with Crippen LogP contribution in [0.25, 0.3) is 0 Å². The Morgan fingerprint density at radius 2 is 1.67 bits per heavy atom. The lowest BCUT2D eigenvalue weighted by Gasteiger charge is -2.04. The lowest BCUT2D eigenvalue weighted by Crippen LogP contribution is -1.87. The van der Waals surface area contributed by atoms with E-state index in [1.54, 1.807) is 30.5 Å². The quantitative estimate of drug-likeness (QED) is 0.791. The molecule has 2 rings (SSSR count). The smallest absolute Gasteiger partial charge is 0.127 e. The van der Waals surface area contributed by atoms with Crippen molar-refractivity contribution in [2.75, 3.05) is 0 Å². The number of benzene rings is 2. The second-order valence-corrected chi connectivity index (χ2v) is 4.29. The van der Waals surface area contributed by atoms with Crippen molar-refractivity contribution in [3.8, 4) is 11.5 Å². The lowest BCUT2D eigenvalue weighted by atomic mass is 10.1. The van der Waals surface area contributed by atoms with Gasteiger partial charge in [-0.15, -0.1) is 0 Å². The number of hydrogen-bond donors (Lipinski definition) is 2. The molecular weight excluding hydrogens is 226 g/mol. The third-order valence-corrected chi connectivity index (χ3v) is 2.68. The van der Waals surface area contributed by atoms with Crippen molar-refractivity contribution in [1.82, 2.24) is 0 Å². The molecule has 3 heteroatoms. The van der Waals surface area contributed by atoms with Crippen LogP contribution >= 0.6 is 0 Å². The Hall–Kier alpha value is -2.29. The molecule has 0 radical (unpaired) electrons. The predicted octanol–water partition coefficient (Wildman–Crippen LogP) is 3.47. The summed E-state index contributed by atoms with van der Waals surface area (Å²) in [5.41, 5.74) is 3.34. The predicted molar refractivity (Wildman–Crippen MR) is 72.9 cm³/mol. The second kappa shape index (κ2) is 4.92. The van der Waals surface area contributed by atoms with Gasteiger partial charge in [-0.3, -0.25) is 4.99 Å². The number of phenols is 2. The van der Waals surface area contributed by atoms with E-state index in [4.69, 9.17) is 5.11 Å². The summed E-state index contributed by atoms with van der Waals surface area (Å²) in [5.74, 6) is 0.464. The van der Waals surface area contributed by atoms with Crippen LogP contribution in [-0.2, 0) is 0 Å². The van der Waals surface area contributed by atoms with Crippen LogP contribution in [0.1, 0.15) is 16.7 Å². The molecule has 0 bridgehead atoms. The summed E-state index contributed by atoms with van der Waals surface area (Å²) >= 11 is 0. The third kappa shape index (κ3) is 2.69. The van der Waals surface area contributed by atoms with E-state index in [1.165, 1.54) is 0 Å². The molecule has 0 unspecified atom stereocenters. The van der Waals surface area contributed by atoms with Gasteiger partial charge in [-0.05, 0) is 55.3 Å². The molecule has 2 aromatic rings. The van der Waals surface area contributed by atoms with Crippen LogP contribution in [0.2, 0.25) is 0 Å². The van der Waals surface area contributed by atoms with Crippen LogP contribution in [-0.4, -0.2) is 16.4 Å². The maximum absolute atomic E-state index is 9.91. The third-order valence-electron chi connectivity index (χ3n) is 2.68. The van der Waals surface area contributed by atoms with Crippen molar-refractivity contribution in [3.05, 3.63) is 53.1 Å². The van der Waals surface area contributed by atoms with Gasteiger partial charge in [0.05, 0.1) is 5.69 Å². The molecule has 0 atom stereocenters. The van der Waals surface area contributed by atoms with Gasteiger partial charge in [0.2, 0.25) is 0 Å². The molecule has 0 spiro atoms. The van der Waals surface area contributed by atoms with Gasteiger partial charge in [-0.25, -0.2) is 0 Å². The summed E-state index contributed by atoms with van der Waals surface area (Å²) in [7, 11) is 0. The van der Waals surface area contributed by atoms with Gasteiger partial charge >= 0.3 is 0 Å². The van der Waals surface area contributed by atoms with Crippen LogP contribution in [0, 0.1) is 13.8 Å². The van der Waals surface area contributed by atoms with E-state index < -0.39 is 0 Å². The number of nitrogens with zero attached hydrogens (tertiary/aromatic N) is 1. The average Bonchev–Trinajstić information content (AvgIpc) is 2.34. The first-order chi connectivity index (χ1) is 8.56. The zero-order valence-electron chi connectivity index (χ0n) is 10.4. The summed E-state index contributed by atoms with van der Waals surface area (Å²) in [5, 5.41) is 19.1. The Kier molecular flexibility index (Phi) is 3.33. The Morgan fingerprint density at radius 3 is 2.33 bits per heavy atom. The molecule has 0 saturated heterocycles. The Labute approximate surface area is 106 Å². The fourth-order valence-electron chi connectivity index (χ4n) is 1.77. The van der Waals surface area contributed by atoms with Crippen molar-refractivity contribution in [3.63, 3.8) is 0 Å². The SMILES string of the molecule is Cc1cc(C)c(O)c(C=Nc2ccc(O)cc2)c1. The zero-order valence-corrected chi connectivity index (χ0v) is 10.4. The van der Waals surface area contributed by atoms with Gasteiger partial charge in [-0.1, -0.05) is 6.07 Å². The first-order valence-electron chi connectivity index (χ1n) is 5.69. The summed E-state index contributed by atoms with van der Waals surface area (Å²) in [4.78, 5) is 4.26. The number of aromatic hydroxyl groups is 2. The Balaban J connectivity index is 2.31. The molecule has 0 amide bonds. The number of hydrogen-bond acceptors (Lipinski definition) is 3. The molecule has 2 N–H and O–H groups in total. The van der Waals surface area contributed by atoms with Gasteiger partial charge in [0.25, 0.3) is 0 Å². The summed E-state index contributed by atoms with van der Waals surface area (Å²) in [6.07, 6.45) is 1.63. The molecule has 0 saturated carbocycles. The minimum Gasteiger partial charge on any atom is -0.508 e. The lowest BCUT2D eigenvalue weighted by molar-refractivity contribution is 0.470. The van der Waals surface area contributed by atoms with E-state index >= 15 is 0 Å². The number of aryl methyl sites for hydroxylation is 2. The Morgan fingerprint density at radius 1 is 1.00 bits per heavy atom. The van der Waals surface area contributed by atoms with E-state index in [2.05, 4.69) is 4.99 Å². The molecule has 92 valence electrons. The standard InChI is InChI=1S/C15H15NO2/c1-10-7-11(2)15(18)12(8-10)9-16-13-3-5-14(17)6-4-13/h3-9,17-18H,1-2H3. The van der Waals surface area contributed by atoms with E-state index in [1.807, 2.05) is 26.0 Å². The van der Waals surface area contributed by atoms with Crippen LogP contribution in [0.15, 0.2) is 41.4 Å². The van der Waals surface area contributed by atoms with Gasteiger partial charge in [-0.2, -0.15) is 0 Å². The fourth-order valence-corrected chi connectivity index (χ4v) is 1.77. The topological polar surface area (TPSA) is 52.8 Å². The van der Waals surface area contributed by atoms with Crippen molar-refractivity contribution >= 4 is 11.9 Å². The van der Waals surface area contributed by atoms with Crippen LogP contribution in [0.3, 0.4) is 0 Å². The zero-order chi connectivity index (χ0) is 13.1. The summed E-state index contributed by atoms with van der Waals surface area (Å²) in [6, 6.07) is 10.4. The van der Waals surface area contributed by atoms with Crippen molar-refractivity contribution in [2.45, 2.75) is 13.8 Å². The fraction of sp³-hybridized carbons (Fsp3) is 0.133. The van der Waals surface area contributed by atoms with Gasteiger partial charge in [0.15, 0.2) is 0 Å². The van der Waals surface area contributed by atoms with E-state index in [-0.39, 0.29) is 11.5 Å². The highest BCUT2D eigenvalue weighted by molar-refractivity contribution is 5.86. The molecule has 0 aliphatic rings. The van der Waals surface area contributed by atoms with Crippen LogP contribution in [0.4, 0.5) is 5.69 Å². The maximum Gasteiger partial charge on any atom is 0.127 e. The van der Waals surface area contributed by atoms with Gasteiger partial charge in [0.1, 0.15) is 11.5 Å². The largest absolute Gasteiger partial charge is 0.508 e. The summed E-state index contributed by atoms with van der Waals surface area (Å²) < 4.78 is 0. The molecule has 0 aromatic heterocycles. The Bertz CT molecular complexity index is 586. The molecule has 3 nitrogen and oxygen atoms in total. The molecule has 0 aliphatic heterocycles. The molecule has 0 heterocycles. The molecule has 18 heavy (non-hydrogen) atoms. The number of rotatable bonds is 2. The van der Waals surface area contributed by atoms with Crippen LogP contribution < -0.4 is 0 Å². The molecule has 0 fully saturated rings. The number of phenolic OH excluding ortho intramolecular Hbond substituents is 2. The molecular formula is C15H15NO2. The maximum atomic E-state index is 9.91. The highest BCUT2D eigenvalue weighted by Crippen LogP contribution is 2.23. The minimum atomic E-state index is 0.211. The highest BCUT2D eigenvalue weighted by atomic mass is 16.3. The minimum absolute atomic E-state index is 0.211. The van der Waals surface area contributed by atoms with Crippen LogP contribution in [0.5, 0.6) is 11.5 Å². The van der Waals surface area contributed by atoms with Gasteiger partial charge in [0, 0.05) is 11.8 Å². The normalized spacial score (nSPS) is 11.0. The van der Waals surface area contributed by atoms with Crippen molar-refractivity contribution in [1.29, 1.82) is 0 Å². The van der Waals surface area contributed by atoms with E-state index in [0.717, 1.165) is 16.8 Å². The van der Waals surface area contributed by atoms with E-state index in [0.29, 0.717) is 5.56 Å². The average molecular weight is 241 g/mol. The van der Waals surface area contributed by atoms with E-state index in [9.17, 15) is 5.11 Å². The van der Waals surface area contributed by atoms with Gasteiger partial charge < -0.3 is 10.2 Å². The monoisotopic (exact) mass is 241 g/mol. The second-order valence-electron chi connectivity index (χ2n) is 4.29.